The van der Waals surface area contributed by atoms with Crippen LogP contribution in [0.2, 0.25) is 0 Å². The summed E-state index contributed by atoms with van der Waals surface area (Å²) in [6, 6.07) is 11.8. The summed E-state index contributed by atoms with van der Waals surface area (Å²) in [6.07, 6.45) is 2.80. The van der Waals surface area contributed by atoms with Gasteiger partial charge in [-0.05, 0) is 24.3 Å². The van der Waals surface area contributed by atoms with Crippen molar-refractivity contribution in [1.82, 2.24) is 14.8 Å². The third kappa shape index (κ3) is 4.26. The lowest BCUT2D eigenvalue weighted by molar-refractivity contribution is 0.0799. The molecule has 158 valence electrons. The van der Waals surface area contributed by atoms with Crippen LogP contribution in [0.3, 0.4) is 0 Å². The molecule has 7 nitrogen and oxygen atoms in total. The number of aromatic nitrogens is 1. The molecule has 30 heavy (non-hydrogen) atoms. The van der Waals surface area contributed by atoms with Crippen LogP contribution in [-0.4, -0.2) is 74.6 Å². The van der Waals surface area contributed by atoms with E-state index in [1.807, 2.05) is 30.5 Å². The Kier molecular flexibility index (Phi) is 5.90. The van der Waals surface area contributed by atoms with E-state index in [1.165, 1.54) is 4.90 Å². The van der Waals surface area contributed by atoms with Gasteiger partial charge < -0.3 is 19.0 Å². The third-order valence-electron chi connectivity index (χ3n) is 5.55. The molecule has 4 rings (SSSR count). The number of methoxy groups -OCH3 is 1. The van der Waals surface area contributed by atoms with Gasteiger partial charge in [-0.25, -0.2) is 0 Å². The predicted octanol–water partition coefficient (Wildman–Crippen LogP) is 2.90. The molecule has 3 heterocycles. The molecule has 1 aromatic carbocycles. The fraction of sp³-hybridized carbons (Fsp3) is 0.391. The Bertz CT molecular complexity index is 1010. The Morgan fingerprint density at radius 2 is 1.97 bits per heavy atom. The van der Waals surface area contributed by atoms with Crippen LogP contribution in [0.4, 0.5) is 5.69 Å². The van der Waals surface area contributed by atoms with Gasteiger partial charge in [-0.3, -0.25) is 14.7 Å². The predicted molar refractivity (Wildman–Crippen MR) is 117 cm³/mol. The highest BCUT2D eigenvalue weighted by atomic mass is 16.5. The third-order valence-corrected chi connectivity index (χ3v) is 5.55. The Labute approximate surface area is 176 Å². The lowest BCUT2D eigenvalue weighted by Gasteiger charge is -2.36. The van der Waals surface area contributed by atoms with E-state index < -0.39 is 0 Å². The number of hydrogen-bond donors (Lipinski definition) is 0. The molecule has 0 radical (unpaired) electrons. The minimum Gasteiger partial charge on any atom is -0.497 e. The Morgan fingerprint density at radius 1 is 1.17 bits per heavy atom. The molecule has 0 N–H and O–H groups in total. The second-order valence-corrected chi connectivity index (χ2v) is 7.77. The zero-order chi connectivity index (χ0) is 21.1. The summed E-state index contributed by atoms with van der Waals surface area (Å²) < 4.78 is 11.5. The molecular formula is C23H28N4O3. The number of furan rings is 1. The van der Waals surface area contributed by atoms with Crippen LogP contribution in [0, 0.1) is 0 Å². The largest absolute Gasteiger partial charge is 0.497 e. The summed E-state index contributed by atoms with van der Waals surface area (Å²) in [5, 5.41) is 0.882. The van der Waals surface area contributed by atoms with E-state index in [0.717, 1.165) is 67.2 Å². The normalized spacial score (nSPS) is 14.8. The van der Waals surface area contributed by atoms with Crippen molar-refractivity contribution < 1.29 is 13.9 Å². The number of hydrogen-bond acceptors (Lipinski definition) is 6. The maximum atomic E-state index is 12.4. The zero-order valence-electron chi connectivity index (χ0n) is 17.8. The van der Waals surface area contributed by atoms with Crippen molar-refractivity contribution in [1.29, 1.82) is 0 Å². The van der Waals surface area contributed by atoms with Crippen molar-refractivity contribution in [2.24, 2.45) is 0 Å². The second-order valence-electron chi connectivity index (χ2n) is 7.77. The molecule has 2 aromatic heterocycles. The van der Waals surface area contributed by atoms with Crippen molar-refractivity contribution in [3.8, 4) is 5.75 Å². The first-order valence-electron chi connectivity index (χ1n) is 10.3. The molecule has 0 bridgehead atoms. The van der Waals surface area contributed by atoms with Gasteiger partial charge in [0.1, 0.15) is 5.75 Å². The van der Waals surface area contributed by atoms with E-state index in [2.05, 4.69) is 20.9 Å². The highest BCUT2D eigenvalue weighted by Crippen LogP contribution is 2.35. The van der Waals surface area contributed by atoms with Gasteiger partial charge in [0.15, 0.2) is 11.3 Å². The van der Waals surface area contributed by atoms with Crippen LogP contribution in [0.15, 0.2) is 47.0 Å². The molecule has 0 aliphatic carbocycles. The molecule has 1 fully saturated rings. The summed E-state index contributed by atoms with van der Waals surface area (Å²) in [6.45, 7) is 4.72. The van der Waals surface area contributed by atoms with Gasteiger partial charge in [0, 0.05) is 76.6 Å². The van der Waals surface area contributed by atoms with Gasteiger partial charge in [0.2, 0.25) is 0 Å². The molecule has 1 saturated heterocycles. The van der Waals surface area contributed by atoms with Crippen molar-refractivity contribution in [2.45, 2.75) is 6.42 Å². The number of nitrogens with zero attached hydrogens (tertiary/aromatic N) is 4. The lowest BCUT2D eigenvalue weighted by atomic mass is 10.1. The second kappa shape index (κ2) is 8.75. The van der Waals surface area contributed by atoms with Crippen LogP contribution in [0.25, 0.3) is 11.0 Å². The number of piperazine rings is 1. The number of amides is 1. The Hall–Kier alpha value is -3.06. The van der Waals surface area contributed by atoms with Crippen LogP contribution in [0.5, 0.6) is 5.75 Å². The highest BCUT2D eigenvalue weighted by molar-refractivity contribution is 5.99. The fourth-order valence-electron chi connectivity index (χ4n) is 3.82. The van der Waals surface area contributed by atoms with Crippen molar-refractivity contribution >= 4 is 22.6 Å². The van der Waals surface area contributed by atoms with Gasteiger partial charge in [0.25, 0.3) is 5.91 Å². The molecule has 0 unspecified atom stereocenters. The standard InChI is InChI=1S/C23H28N4O3/c1-25(2)23(28)21-15-17-14-19(29-3)16-20(22(17)30-21)27-12-10-26(11-13-27)9-7-18-6-4-5-8-24-18/h4-6,8,14-16H,7,9-13H2,1-3H3. The first kappa shape index (κ1) is 20.2. The minimum absolute atomic E-state index is 0.143. The first-order valence-corrected chi connectivity index (χ1v) is 10.3. The minimum atomic E-state index is -0.143. The molecule has 1 amide bonds. The SMILES string of the molecule is COc1cc(N2CCN(CCc3ccccn3)CC2)c2oc(C(=O)N(C)C)cc2c1. The Balaban J connectivity index is 1.49. The number of rotatable bonds is 6. The van der Waals surface area contributed by atoms with E-state index in [1.54, 1.807) is 27.3 Å². The van der Waals surface area contributed by atoms with Crippen molar-refractivity contribution in [2.75, 3.05) is 58.8 Å². The molecule has 1 aliphatic rings. The fourth-order valence-corrected chi connectivity index (χ4v) is 3.82. The van der Waals surface area contributed by atoms with Crippen LogP contribution in [0.1, 0.15) is 16.2 Å². The van der Waals surface area contributed by atoms with Gasteiger partial charge in [0.05, 0.1) is 12.8 Å². The van der Waals surface area contributed by atoms with E-state index in [4.69, 9.17) is 9.15 Å². The van der Waals surface area contributed by atoms with E-state index in [-0.39, 0.29) is 5.91 Å². The molecule has 1 aliphatic heterocycles. The number of benzene rings is 1. The van der Waals surface area contributed by atoms with Gasteiger partial charge >= 0.3 is 0 Å². The summed E-state index contributed by atoms with van der Waals surface area (Å²) in [5.41, 5.74) is 2.84. The van der Waals surface area contributed by atoms with Gasteiger partial charge in [-0.15, -0.1) is 0 Å². The average Bonchev–Trinajstić information content (AvgIpc) is 3.21. The van der Waals surface area contributed by atoms with E-state index in [9.17, 15) is 4.79 Å². The molecular weight excluding hydrogens is 380 g/mol. The van der Waals surface area contributed by atoms with Gasteiger partial charge in [-0.1, -0.05) is 6.07 Å². The molecule has 0 spiro atoms. The van der Waals surface area contributed by atoms with Crippen molar-refractivity contribution in [3.05, 3.63) is 54.0 Å². The van der Waals surface area contributed by atoms with Crippen LogP contribution in [-0.2, 0) is 6.42 Å². The average molecular weight is 409 g/mol. The molecule has 3 aromatic rings. The number of anilines is 1. The molecule has 7 heteroatoms. The summed E-state index contributed by atoms with van der Waals surface area (Å²) in [4.78, 5) is 23.1. The number of pyridine rings is 1. The topological polar surface area (TPSA) is 62.1 Å². The highest BCUT2D eigenvalue weighted by Gasteiger charge is 2.23. The van der Waals surface area contributed by atoms with E-state index in [0.29, 0.717) is 5.76 Å². The lowest BCUT2D eigenvalue weighted by Crippen LogP contribution is -2.47. The first-order chi connectivity index (χ1) is 14.5. The monoisotopic (exact) mass is 408 g/mol. The van der Waals surface area contributed by atoms with Crippen LogP contribution < -0.4 is 9.64 Å². The smallest absolute Gasteiger partial charge is 0.289 e. The number of fused-ring (bicyclic) bond motifs is 1. The molecule has 0 saturated carbocycles. The zero-order valence-corrected chi connectivity index (χ0v) is 17.8. The summed E-state index contributed by atoms with van der Waals surface area (Å²) in [5.74, 6) is 0.966. The van der Waals surface area contributed by atoms with Gasteiger partial charge in [-0.2, -0.15) is 0 Å². The quantitative estimate of drug-likeness (QED) is 0.625. The Morgan fingerprint density at radius 3 is 2.63 bits per heavy atom. The number of carbonyl (C=O) groups is 1. The maximum absolute atomic E-state index is 12.4. The van der Waals surface area contributed by atoms with Crippen LogP contribution >= 0.6 is 0 Å². The summed E-state index contributed by atoms with van der Waals surface area (Å²) in [7, 11) is 5.11. The number of carbonyl (C=O) groups excluding carboxylic acids is 1. The van der Waals surface area contributed by atoms with Crippen molar-refractivity contribution in [3.63, 3.8) is 0 Å². The molecule has 0 atom stereocenters. The number of ether oxygens (including phenoxy) is 1. The maximum Gasteiger partial charge on any atom is 0.289 e. The summed E-state index contributed by atoms with van der Waals surface area (Å²) >= 11 is 0. The van der Waals surface area contributed by atoms with E-state index >= 15 is 0 Å².